The van der Waals surface area contributed by atoms with Crippen molar-refractivity contribution < 1.29 is 24.5 Å². The lowest BCUT2D eigenvalue weighted by Gasteiger charge is -2.25. The van der Waals surface area contributed by atoms with Gasteiger partial charge in [-0.15, -0.1) is 0 Å². The number of ketones is 1. The molecule has 6 nitrogen and oxygen atoms in total. The number of aliphatic hydroxyl groups is 2. The Morgan fingerprint density at radius 3 is 1.43 bits per heavy atom. The Morgan fingerprint density at radius 1 is 0.517 bits per heavy atom. The van der Waals surface area contributed by atoms with Gasteiger partial charge in [-0.1, -0.05) is 202 Å². The molecule has 6 heteroatoms. The van der Waals surface area contributed by atoms with Gasteiger partial charge in [0.1, 0.15) is 0 Å². The molecule has 0 saturated heterocycles. The Kier molecular flexibility index (Phi) is 49.1. The van der Waals surface area contributed by atoms with E-state index < -0.39 is 0 Å². The van der Waals surface area contributed by atoms with Crippen molar-refractivity contribution in [1.82, 2.24) is 4.90 Å². The maximum absolute atomic E-state index is 12.2. The summed E-state index contributed by atoms with van der Waals surface area (Å²) >= 11 is 0. The third kappa shape index (κ3) is 44.3. The van der Waals surface area contributed by atoms with Crippen LogP contribution in [0.2, 0.25) is 0 Å². The van der Waals surface area contributed by atoms with Crippen LogP contribution in [-0.2, 0) is 14.3 Å². The van der Waals surface area contributed by atoms with E-state index in [4.69, 9.17) is 9.84 Å². The lowest BCUT2D eigenvalue weighted by molar-refractivity contribution is -0.143. The number of carbonyl (C=O) groups is 2. The van der Waals surface area contributed by atoms with Crippen molar-refractivity contribution in [2.24, 2.45) is 11.8 Å². The monoisotopic (exact) mass is 822 g/mol. The molecule has 58 heavy (non-hydrogen) atoms. The zero-order valence-electron chi connectivity index (χ0n) is 39.9. The van der Waals surface area contributed by atoms with Crippen molar-refractivity contribution in [2.45, 2.75) is 265 Å². The Hall–Kier alpha value is -1.24. The molecule has 0 rings (SSSR count). The van der Waals surface area contributed by atoms with Crippen molar-refractivity contribution >= 4 is 11.8 Å². The minimum Gasteiger partial charge on any atom is -0.466 e. The first kappa shape index (κ1) is 58.9. The van der Waals surface area contributed by atoms with Crippen LogP contribution >= 0.6 is 0 Å². The van der Waals surface area contributed by atoms with Gasteiger partial charge < -0.3 is 19.8 Å². The second-order valence-corrected chi connectivity index (χ2v) is 17.7. The maximum atomic E-state index is 12.2. The molecule has 0 bridgehead atoms. The molecular weight excluding hydrogens is 719 g/mol. The van der Waals surface area contributed by atoms with Gasteiger partial charge in [-0.25, -0.2) is 0 Å². The van der Waals surface area contributed by atoms with Crippen LogP contribution in [0.15, 0.2) is 12.7 Å². The van der Waals surface area contributed by atoms with Gasteiger partial charge in [0, 0.05) is 26.0 Å². The molecule has 2 N–H and O–H groups in total. The molecule has 0 aromatic carbocycles. The molecule has 0 aromatic rings. The van der Waals surface area contributed by atoms with Gasteiger partial charge in [-0.3, -0.25) is 9.59 Å². The molecule has 0 aliphatic heterocycles. The fourth-order valence-corrected chi connectivity index (χ4v) is 8.09. The van der Waals surface area contributed by atoms with Crippen LogP contribution in [0, 0.1) is 11.8 Å². The van der Waals surface area contributed by atoms with E-state index in [0.29, 0.717) is 19.4 Å². The average molecular weight is 822 g/mol. The van der Waals surface area contributed by atoms with Crippen molar-refractivity contribution in [3.63, 3.8) is 0 Å². The standard InChI is InChI=1S/C34H69NO4.C18H34O/c1-4-7-10-15-23-32(22-9-6-3)24-16-17-26-34(38)39-30-21-12-11-18-27-35(28-19-13-20-29-36)31-33(37)25-14-8-5-2;1-4-7-9-10-14-17(13-8-5-2)15-11-12-16-18(19)6-3/h32-33,36-37H,4-31H2,1-3H3;6,17H,3-5,7-16H2,1-2H3. The number of esters is 1. The first-order valence-electron chi connectivity index (χ1n) is 25.6. The van der Waals surface area contributed by atoms with Crippen LogP contribution in [-0.4, -0.2) is 65.8 Å². The highest BCUT2D eigenvalue weighted by molar-refractivity contribution is 5.88. The summed E-state index contributed by atoms with van der Waals surface area (Å²) in [5.74, 6) is 1.93. The van der Waals surface area contributed by atoms with Gasteiger partial charge in [-0.2, -0.15) is 0 Å². The summed E-state index contributed by atoms with van der Waals surface area (Å²) < 4.78 is 5.51. The SMILES string of the molecule is C=CC(=O)CCCCC(CCCC)CCCCCC.CCCCCCC(CCCC)CCCCC(=O)OCCCCCCN(CCCCCO)CC(O)CCCCC. The number of allylic oxidation sites excluding steroid dienone is 1. The maximum Gasteiger partial charge on any atom is 0.305 e. The molecule has 346 valence electrons. The van der Waals surface area contributed by atoms with E-state index in [2.05, 4.69) is 46.1 Å². The van der Waals surface area contributed by atoms with Crippen LogP contribution in [0.4, 0.5) is 0 Å². The summed E-state index contributed by atoms with van der Waals surface area (Å²) in [5.41, 5.74) is 0. The molecule has 0 radical (unpaired) electrons. The van der Waals surface area contributed by atoms with Crippen molar-refractivity contribution in [3.05, 3.63) is 12.7 Å². The molecule has 0 aliphatic rings. The Labute approximate surface area is 362 Å². The third-order valence-electron chi connectivity index (χ3n) is 12.0. The predicted molar refractivity (Wildman–Crippen MR) is 253 cm³/mol. The number of nitrogens with zero attached hydrogens (tertiary/aromatic N) is 1. The first-order valence-corrected chi connectivity index (χ1v) is 25.6. The molecule has 0 aromatic heterocycles. The van der Waals surface area contributed by atoms with Crippen LogP contribution in [0.25, 0.3) is 0 Å². The molecule has 0 aliphatic carbocycles. The number of ether oxygens (including phenoxy) is 1. The largest absolute Gasteiger partial charge is 0.466 e. The topological polar surface area (TPSA) is 87.1 Å². The lowest BCUT2D eigenvalue weighted by Crippen LogP contribution is -2.34. The molecule has 0 saturated carbocycles. The summed E-state index contributed by atoms with van der Waals surface area (Å²) in [6, 6.07) is 0. The number of hydrogen-bond acceptors (Lipinski definition) is 6. The fourth-order valence-electron chi connectivity index (χ4n) is 8.09. The van der Waals surface area contributed by atoms with Crippen LogP contribution in [0.1, 0.15) is 259 Å². The van der Waals surface area contributed by atoms with Gasteiger partial charge >= 0.3 is 5.97 Å². The summed E-state index contributed by atoms with van der Waals surface area (Å²) in [7, 11) is 0. The number of carbonyl (C=O) groups excluding carboxylic acids is 2. The third-order valence-corrected chi connectivity index (χ3v) is 12.0. The van der Waals surface area contributed by atoms with Gasteiger partial charge in [0.15, 0.2) is 5.78 Å². The second-order valence-electron chi connectivity index (χ2n) is 17.7. The summed E-state index contributed by atoms with van der Waals surface area (Å²) in [6.45, 7) is 18.4. The van der Waals surface area contributed by atoms with Crippen LogP contribution < -0.4 is 0 Å². The zero-order valence-corrected chi connectivity index (χ0v) is 39.9. The minimum atomic E-state index is -0.234. The minimum absolute atomic E-state index is 0.0193. The van der Waals surface area contributed by atoms with Crippen molar-refractivity contribution in [2.75, 3.05) is 32.8 Å². The van der Waals surface area contributed by atoms with Crippen molar-refractivity contribution in [3.8, 4) is 0 Å². The smallest absolute Gasteiger partial charge is 0.305 e. The highest BCUT2D eigenvalue weighted by atomic mass is 16.5. The van der Waals surface area contributed by atoms with E-state index in [1.54, 1.807) is 0 Å². The molecule has 3 unspecified atom stereocenters. The van der Waals surface area contributed by atoms with E-state index in [1.807, 2.05) is 0 Å². The lowest BCUT2D eigenvalue weighted by atomic mass is 9.90. The van der Waals surface area contributed by atoms with E-state index in [-0.39, 0.29) is 24.5 Å². The van der Waals surface area contributed by atoms with Gasteiger partial charge in [-0.05, 0) is 82.4 Å². The number of rotatable bonds is 45. The molecule has 0 amide bonds. The number of unbranched alkanes of at least 4 members (excludes halogenated alkanes) is 17. The number of aliphatic hydroxyl groups excluding tert-OH is 2. The second kappa shape index (κ2) is 48.4. The summed E-state index contributed by atoms with van der Waals surface area (Å²) in [5, 5.41) is 19.5. The molecule has 0 heterocycles. The average Bonchev–Trinajstić information content (AvgIpc) is 3.22. The van der Waals surface area contributed by atoms with Gasteiger partial charge in [0.2, 0.25) is 0 Å². The molecule has 0 spiro atoms. The summed E-state index contributed by atoms with van der Waals surface area (Å²) in [6.07, 6.45) is 42.8. The number of hydrogen-bond donors (Lipinski definition) is 2. The fraction of sp³-hybridized carbons (Fsp3) is 0.923. The first-order chi connectivity index (χ1) is 28.3. The molecule has 3 atom stereocenters. The van der Waals surface area contributed by atoms with Gasteiger partial charge in [0.05, 0.1) is 12.7 Å². The summed E-state index contributed by atoms with van der Waals surface area (Å²) in [4.78, 5) is 25.7. The predicted octanol–water partition coefficient (Wildman–Crippen LogP) is 14.9. The molecular formula is C52H103NO5. The Balaban J connectivity index is 0. The zero-order chi connectivity index (χ0) is 43.2. The van der Waals surface area contributed by atoms with Crippen LogP contribution in [0.5, 0.6) is 0 Å². The van der Waals surface area contributed by atoms with Crippen LogP contribution in [0.3, 0.4) is 0 Å². The van der Waals surface area contributed by atoms with Crippen molar-refractivity contribution in [1.29, 1.82) is 0 Å². The quantitative estimate of drug-likeness (QED) is 0.0361. The highest BCUT2D eigenvalue weighted by Gasteiger charge is 2.13. The highest BCUT2D eigenvalue weighted by Crippen LogP contribution is 2.24. The Morgan fingerprint density at radius 2 is 0.931 bits per heavy atom. The molecule has 0 fully saturated rings. The van der Waals surface area contributed by atoms with E-state index in [9.17, 15) is 14.7 Å². The normalized spacial score (nSPS) is 12.9. The van der Waals surface area contributed by atoms with Gasteiger partial charge in [0.25, 0.3) is 0 Å². The van der Waals surface area contributed by atoms with E-state index in [1.165, 1.54) is 141 Å². The van der Waals surface area contributed by atoms with E-state index in [0.717, 1.165) is 109 Å². The van der Waals surface area contributed by atoms with E-state index >= 15 is 0 Å². The Bertz CT molecular complexity index is 850.